The Morgan fingerprint density at radius 3 is 3.05 bits per heavy atom. The molecule has 0 bridgehead atoms. The quantitative estimate of drug-likeness (QED) is 0.873. The van der Waals surface area contributed by atoms with Gasteiger partial charge >= 0.3 is 0 Å². The first kappa shape index (κ1) is 14.3. The van der Waals surface area contributed by atoms with Crippen LogP contribution in [-0.2, 0) is 0 Å². The number of rotatable bonds is 3. The average molecular weight is 305 g/mol. The van der Waals surface area contributed by atoms with Gasteiger partial charge in [-0.15, -0.1) is 11.3 Å². The largest absolute Gasteiger partial charge is 0.339 e. The highest BCUT2D eigenvalue weighted by molar-refractivity contribution is 7.12. The molecule has 0 spiro atoms. The van der Waals surface area contributed by atoms with Crippen LogP contribution in [0.1, 0.15) is 59.9 Å². The third kappa shape index (κ3) is 3.00. The maximum absolute atomic E-state index is 12.4. The third-order valence-electron chi connectivity index (χ3n) is 3.76. The number of piperidine rings is 1. The first-order valence-corrected chi connectivity index (χ1v) is 8.19. The van der Waals surface area contributed by atoms with Gasteiger partial charge in [-0.25, -0.2) is 0 Å². The number of carbonyl (C=O) groups excluding carboxylic acids is 1. The summed E-state index contributed by atoms with van der Waals surface area (Å²) in [6.07, 6.45) is 1.97. The Hall–Kier alpha value is -1.69. The van der Waals surface area contributed by atoms with Gasteiger partial charge in [0, 0.05) is 19.0 Å². The van der Waals surface area contributed by atoms with E-state index in [0.29, 0.717) is 12.4 Å². The molecule has 1 saturated heterocycles. The van der Waals surface area contributed by atoms with E-state index in [0.717, 1.165) is 30.1 Å². The number of likely N-dealkylation sites (tertiary alicyclic amines) is 1. The van der Waals surface area contributed by atoms with Crippen LogP contribution in [0.15, 0.2) is 22.0 Å². The van der Waals surface area contributed by atoms with Crippen LogP contribution in [0.3, 0.4) is 0 Å². The zero-order valence-electron chi connectivity index (χ0n) is 12.3. The predicted octanol–water partition coefficient (Wildman–Crippen LogP) is 3.27. The van der Waals surface area contributed by atoms with Crippen LogP contribution < -0.4 is 0 Å². The summed E-state index contributed by atoms with van der Waals surface area (Å²) in [5.41, 5.74) is 0. The van der Waals surface area contributed by atoms with Crippen molar-refractivity contribution in [1.82, 2.24) is 15.0 Å². The van der Waals surface area contributed by atoms with Crippen molar-refractivity contribution in [3.63, 3.8) is 0 Å². The average Bonchev–Trinajstić information content (AvgIpc) is 3.18. The van der Waals surface area contributed by atoms with Gasteiger partial charge in [0.2, 0.25) is 5.89 Å². The van der Waals surface area contributed by atoms with Crippen molar-refractivity contribution in [2.24, 2.45) is 0 Å². The van der Waals surface area contributed by atoms with Crippen molar-refractivity contribution in [2.45, 2.75) is 38.5 Å². The van der Waals surface area contributed by atoms with Crippen molar-refractivity contribution in [3.8, 4) is 0 Å². The molecule has 3 heterocycles. The number of hydrogen-bond acceptors (Lipinski definition) is 5. The Balaban J connectivity index is 1.72. The molecular formula is C15H19N3O2S. The van der Waals surface area contributed by atoms with Gasteiger partial charge in [0.25, 0.3) is 5.91 Å². The predicted molar refractivity (Wildman–Crippen MR) is 80.6 cm³/mol. The molecule has 2 aromatic rings. The van der Waals surface area contributed by atoms with Gasteiger partial charge in [0.1, 0.15) is 0 Å². The summed E-state index contributed by atoms with van der Waals surface area (Å²) < 4.78 is 5.39. The molecule has 21 heavy (non-hydrogen) atoms. The minimum Gasteiger partial charge on any atom is -0.339 e. The van der Waals surface area contributed by atoms with Crippen LogP contribution in [0, 0.1) is 0 Å². The minimum atomic E-state index is 0.110. The van der Waals surface area contributed by atoms with Gasteiger partial charge in [-0.1, -0.05) is 25.1 Å². The summed E-state index contributed by atoms with van der Waals surface area (Å²) in [6.45, 7) is 5.55. The Bertz CT molecular complexity index is 606. The van der Waals surface area contributed by atoms with Crippen molar-refractivity contribution in [2.75, 3.05) is 13.1 Å². The molecule has 1 aliphatic heterocycles. The number of amides is 1. The van der Waals surface area contributed by atoms with Crippen molar-refractivity contribution < 1.29 is 9.32 Å². The van der Waals surface area contributed by atoms with E-state index in [4.69, 9.17) is 4.52 Å². The Morgan fingerprint density at radius 2 is 2.38 bits per heavy atom. The summed E-state index contributed by atoms with van der Waals surface area (Å²) in [5.74, 6) is 1.94. The molecule has 1 fully saturated rings. The Kier molecular flexibility index (Phi) is 4.05. The van der Waals surface area contributed by atoms with Crippen molar-refractivity contribution in [3.05, 3.63) is 34.1 Å². The molecule has 6 heteroatoms. The molecular weight excluding hydrogens is 286 g/mol. The van der Waals surface area contributed by atoms with Crippen LogP contribution in [0.4, 0.5) is 0 Å². The molecule has 0 radical (unpaired) electrons. The van der Waals surface area contributed by atoms with Gasteiger partial charge in [0.15, 0.2) is 5.82 Å². The Labute approximate surface area is 128 Å². The lowest BCUT2D eigenvalue weighted by Crippen LogP contribution is -2.38. The highest BCUT2D eigenvalue weighted by atomic mass is 32.1. The highest BCUT2D eigenvalue weighted by Gasteiger charge is 2.29. The fourth-order valence-electron chi connectivity index (χ4n) is 2.57. The van der Waals surface area contributed by atoms with Gasteiger partial charge in [0.05, 0.1) is 10.8 Å². The first-order valence-electron chi connectivity index (χ1n) is 7.31. The summed E-state index contributed by atoms with van der Waals surface area (Å²) >= 11 is 1.49. The van der Waals surface area contributed by atoms with E-state index in [1.165, 1.54) is 11.3 Å². The third-order valence-corrected chi connectivity index (χ3v) is 4.62. The Morgan fingerprint density at radius 1 is 1.52 bits per heavy atom. The molecule has 0 aromatic carbocycles. The second kappa shape index (κ2) is 5.97. The first-order chi connectivity index (χ1) is 10.1. The van der Waals surface area contributed by atoms with Gasteiger partial charge in [-0.05, 0) is 24.3 Å². The van der Waals surface area contributed by atoms with E-state index in [9.17, 15) is 4.79 Å². The summed E-state index contributed by atoms with van der Waals surface area (Å²) in [7, 11) is 0. The van der Waals surface area contributed by atoms with Gasteiger partial charge in [-0.2, -0.15) is 4.98 Å². The van der Waals surface area contributed by atoms with E-state index in [1.54, 1.807) is 0 Å². The second-order valence-corrected chi connectivity index (χ2v) is 6.66. The lowest BCUT2D eigenvalue weighted by Gasteiger charge is -2.30. The topological polar surface area (TPSA) is 59.2 Å². The SMILES string of the molecule is CC(C)c1noc(C2CCCN(C(=O)c3cccs3)C2)n1. The summed E-state index contributed by atoms with van der Waals surface area (Å²) in [4.78, 5) is 19.6. The van der Waals surface area contributed by atoms with Crippen LogP contribution in [0.2, 0.25) is 0 Å². The molecule has 1 amide bonds. The summed E-state index contributed by atoms with van der Waals surface area (Å²) in [5, 5.41) is 5.96. The molecule has 1 aliphatic rings. The highest BCUT2D eigenvalue weighted by Crippen LogP contribution is 2.28. The lowest BCUT2D eigenvalue weighted by molar-refractivity contribution is 0.0700. The molecule has 5 nitrogen and oxygen atoms in total. The second-order valence-electron chi connectivity index (χ2n) is 5.71. The number of aromatic nitrogens is 2. The standard InChI is InChI=1S/C15H19N3O2S/c1-10(2)13-16-14(20-17-13)11-5-3-7-18(9-11)15(19)12-6-4-8-21-12/h4,6,8,10-11H,3,5,7,9H2,1-2H3. The smallest absolute Gasteiger partial charge is 0.263 e. The molecule has 3 rings (SSSR count). The molecule has 1 atom stereocenters. The van der Waals surface area contributed by atoms with E-state index >= 15 is 0 Å². The molecule has 1 unspecified atom stereocenters. The summed E-state index contributed by atoms with van der Waals surface area (Å²) in [6, 6.07) is 3.78. The molecule has 0 N–H and O–H groups in total. The maximum Gasteiger partial charge on any atom is 0.263 e. The number of thiophene rings is 1. The normalized spacial score (nSPS) is 19.2. The molecule has 0 aliphatic carbocycles. The van der Waals surface area contributed by atoms with Gasteiger partial charge in [-0.3, -0.25) is 4.79 Å². The van der Waals surface area contributed by atoms with E-state index in [1.807, 2.05) is 36.3 Å². The van der Waals surface area contributed by atoms with E-state index in [-0.39, 0.29) is 17.7 Å². The zero-order chi connectivity index (χ0) is 14.8. The van der Waals surface area contributed by atoms with Crippen LogP contribution >= 0.6 is 11.3 Å². The van der Waals surface area contributed by atoms with Crippen molar-refractivity contribution >= 4 is 17.2 Å². The fraction of sp³-hybridized carbons (Fsp3) is 0.533. The molecule has 0 saturated carbocycles. The number of carbonyl (C=O) groups is 1. The van der Waals surface area contributed by atoms with E-state index in [2.05, 4.69) is 10.1 Å². The van der Waals surface area contributed by atoms with Crippen molar-refractivity contribution in [1.29, 1.82) is 0 Å². The fourth-order valence-corrected chi connectivity index (χ4v) is 3.26. The van der Waals surface area contributed by atoms with Crippen LogP contribution in [0.25, 0.3) is 0 Å². The van der Waals surface area contributed by atoms with Crippen LogP contribution in [-0.4, -0.2) is 34.0 Å². The monoisotopic (exact) mass is 305 g/mol. The molecule has 112 valence electrons. The van der Waals surface area contributed by atoms with Crippen LogP contribution in [0.5, 0.6) is 0 Å². The zero-order valence-corrected chi connectivity index (χ0v) is 13.1. The lowest BCUT2D eigenvalue weighted by atomic mass is 9.98. The number of hydrogen-bond donors (Lipinski definition) is 0. The van der Waals surface area contributed by atoms with Gasteiger partial charge < -0.3 is 9.42 Å². The molecule has 2 aromatic heterocycles. The maximum atomic E-state index is 12.4. The number of nitrogens with zero attached hydrogens (tertiary/aromatic N) is 3. The minimum absolute atomic E-state index is 0.110. The van der Waals surface area contributed by atoms with E-state index < -0.39 is 0 Å².